The highest BCUT2D eigenvalue weighted by Crippen LogP contribution is 2.31. The van der Waals surface area contributed by atoms with Crippen LogP contribution < -0.4 is 5.32 Å². The van der Waals surface area contributed by atoms with Crippen LogP contribution in [0.3, 0.4) is 0 Å². The van der Waals surface area contributed by atoms with Crippen LogP contribution in [0.4, 0.5) is 9.93 Å². The number of amides is 3. The smallest absolute Gasteiger partial charge is 0.324 e. The van der Waals surface area contributed by atoms with Crippen LogP contribution in [0.5, 0.6) is 0 Å². The van der Waals surface area contributed by atoms with Crippen molar-refractivity contribution in [3.8, 4) is 0 Å². The highest BCUT2D eigenvalue weighted by atomic mass is 32.2. The summed E-state index contributed by atoms with van der Waals surface area (Å²) in [7, 11) is 0. The molecule has 0 bridgehead atoms. The molecule has 1 aromatic heterocycles. The lowest BCUT2D eigenvalue weighted by atomic mass is 9.93. The molecule has 178 valence electrons. The van der Waals surface area contributed by atoms with Gasteiger partial charge in [-0.15, -0.1) is 11.8 Å². The molecule has 0 aromatic carbocycles. The highest BCUT2D eigenvalue weighted by molar-refractivity contribution is 8.01. The molecule has 2 saturated heterocycles. The molecule has 1 aromatic rings. The SMILES string of the molecule is CC(=O)N1CC[C@H](N(C(=O)Nc2ncc(SCCN3CCOCC3)s2)C2CCCCC2)C1. The molecule has 32 heavy (non-hydrogen) atoms. The molecule has 3 fully saturated rings. The van der Waals surface area contributed by atoms with Gasteiger partial charge >= 0.3 is 6.03 Å². The quantitative estimate of drug-likeness (QED) is 0.602. The number of rotatable bonds is 7. The number of urea groups is 1. The van der Waals surface area contributed by atoms with E-state index in [4.69, 9.17) is 4.74 Å². The van der Waals surface area contributed by atoms with Gasteiger partial charge in [-0.2, -0.15) is 0 Å². The van der Waals surface area contributed by atoms with Gasteiger partial charge < -0.3 is 14.5 Å². The van der Waals surface area contributed by atoms with Gasteiger partial charge in [0.25, 0.3) is 0 Å². The maximum atomic E-state index is 13.4. The van der Waals surface area contributed by atoms with E-state index in [0.717, 1.165) is 68.6 Å². The first-order valence-corrected chi connectivity index (χ1v) is 13.6. The van der Waals surface area contributed by atoms with Gasteiger partial charge in [-0.3, -0.25) is 15.0 Å². The van der Waals surface area contributed by atoms with Gasteiger partial charge in [0, 0.05) is 51.4 Å². The van der Waals surface area contributed by atoms with E-state index < -0.39 is 0 Å². The fourth-order valence-electron chi connectivity index (χ4n) is 4.88. The number of morpholine rings is 1. The molecule has 1 atom stereocenters. The second-order valence-electron chi connectivity index (χ2n) is 8.82. The molecular weight excluding hydrogens is 446 g/mol. The van der Waals surface area contributed by atoms with E-state index in [1.54, 1.807) is 30.0 Å². The minimum Gasteiger partial charge on any atom is -0.379 e. The molecule has 2 aliphatic heterocycles. The van der Waals surface area contributed by atoms with Crippen LogP contribution in [0.1, 0.15) is 45.4 Å². The number of ether oxygens (including phenoxy) is 1. The van der Waals surface area contributed by atoms with Crippen LogP contribution in [-0.4, -0.2) is 95.4 Å². The second-order valence-corrected chi connectivity index (χ2v) is 11.2. The predicted octanol–water partition coefficient (Wildman–Crippen LogP) is 3.35. The largest absolute Gasteiger partial charge is 0.379 e. The fourth-order valence-corrected chi connectivity index (χ4v) is 6.82. The van der Waals surface area contributed by atoms with E-state index in [-0.39, 0.29) is 24.0 Å². The molecule has 3 amide bonds. The molecule has 1 N–H and O–H groups in total. The molecule has 3 heterocycles. The number of nitrogens with zero attached hydrogens (tertiary/aromatic N) is 4. The number of carbonyl (C=O) groups excluding carboxylic acids is 2. The molecule has 4 rings (SSSR count). The molecule has 0 radical (unpaired) electrons. The Bertz CT molecular complexity index is 765. The Kier molecular flexibility index (Phi) is 8.68. The van der Waals surface area contributed by atoms with Crippen molar-refractivity contribution < 1.29 is 14.3 Å². The zero-order chi connectivity index (χ0) is 22.3. The lowest BCUT2D eigenvalue weighted by Crippen LogP contribution is -2.51. The van der Waals surface area contributed by atoms with Crippen LogP contribution in [0.15, 0.2) is 10.4 Å². The Morgan fingerprint density at radius 3 is 2.69 bits per heavy atom. The van der Waals surface area contributed by atoms with Gasteiger partial charge in [0.15, 0.2) is 5.13 Å². The fraction of sp³-hybridized carbons (Fsp3) is 0.773. The number of aromatic nitrogens is 1. The molecule has 8 nitrogen and oxygen atoms in total. The average molecular weight is 482 g/mol. The molecule has 1 saturated carbocycles. The van der Waals surface area contributed by atoms with Crippen molar-refractivity contribution >= 4 is 40.2 Å². The topological polar surface area (TPSA) is 78.0 Å². The van der Waals surface area contributed by atoms with Crippen molar-refractivity contribution in [1.29, 1.82) is 0 Å². The van der Waals surface area contributed by atoms with Crippen LogP contribution in [0.2, 0.25) is 0 Å². The van der Waals surface area contributed by atoms with E-state index in [9.17, 15) is 9.59 Å². The number of likely N-dealkylation sites (tertiary alicyclic amines) is 1. The van der Waals surface area contributed by atoms with Gasteiger partial charge in [0.05, 0.1) is 29.7 Å². The zero-order valence-corrected chi connectivity index (χ0v) is 20.6. The number of thiazole rings is 1. The minimum absolute atomic E-state index is 0.0634. The van der Waals surface area contributed by atoms with Crippen LogP contribution in [-0.2, 0) is 9.53 Å². The minimum atomic E-state index is -0.0634. The molecule has 10 heteroatoms. The van der Waals surface area contributed by atoms with E-state index in [0.29, 0.717) is 11.7 Å². The summed E-state index contributed by atoms with van der Waals surface area (Å²) >= 11 is 3.34. The van der Waals surface area contributed by atoms with Crippen molar-refractivity contribution in [2.75, 3.05) is 57.0 Å². The Balaban J connectivity index is 1.32. The third-order valence-corrected chi connectivity index (χ3v) is 8.75. The summed E-state index contributed by atoms with van der Waals surface area (Å²) in [6.45, 7) is 7.68. The van der Waals surface area contributed by atoms with Crippen LogP contribution in [0.25, 0.3) is 0 Å². The van der Waals surface area contributed by atoms with E-state index >= 15 is 0 Å². The maximum Gasteiger partial charge on any atom is 0.324 e. The molecular formula is C22H35N5O3S2. The maximum absolute atomic E-state index is 13.4. The first-order valence-electron chi connectivity index (χ1n) is 11.8. The summed E-state index contributed by atoms with van der Waals surface area (Å²) in [5.41, 5.74) is 0. The molecule has 1 aliphatic carbocycles. The lowest BCUT2D eigenvalue weighted by Gasteiger charge is -2.38. The summed E-state index contributed by atoms with van der Waals surface area (Å²) in [5, 5.41) is 3.73. The van der Waals surface area contributed by atoms with Gasteiger partial charge in [-0.25, -0.2) is 9.78 Å². The third-order valence-electron chi connectivity index (χ3n) is 6.66. The highest BCUT2D eigenvalue weighted by Gasteiger charge is 2.36. The third kappa shape index (κ3) is 6.36. The molecule has 0 unspecified atom stereocenters. The molecule has 0 spiro atoms. The number of hydrogen-bond donors (Lipinski definition) is 1. The number of anilines is 1. The Labute approximate surface area is 199 Å². The Morgan fingerprint density at radius 2 is 1.97 bits per heavy atom. The van der Waals surface area contributed by atoms with Crippen molar-refractivity contribution in [3.05, 3.63) is 6.20 Å². The standard InChI is InChI=1S/C22H35N5O3S2/c1-17(28)26-8-7-19(16-26)27(18-5-3-2-4-6-18)22(29)24-21-23-15-20(32-21)31-14-11-25-9-12-30-13-10-25/h15,18-19H,2-14,16H2,1H3,(H,23,24,29)/t19-/m0/s1. The number of hydrogen-bond acceptors (Lipinski definition) is 7. The Hall–Kier alpha value is -1.36. The second kappa shape index (κ2) is 11.7. The summed E-state index contributed by atoms with van der Waals surface area (Å²) in [6, 6.07) is 0.277. The van der Waals surface area contributed by atoms with Crippen LogP contribution >= 0.6 is 23.1 Å². The average Bonchev–Trinajstić information content (AvgIpc) is 3.46. The summed E-state index contributed by atoms with van der Waals surface area (Å²) in [5.74, 6) is 1.10. The number of thioether (sulfide) groups is 1. The zero-order valence-electron chi connectivity index (χ0n) is 19.0. The van der Waals surface area contributed by atoms with Gasteiger partial charge in [0.1, 0.15) is 0 Å². The summed E-state index contributed by atoms with van der Waals surface area (Å²) < 4.78 is 6.53. The van der Waals surface area contributed by atoms with Gasteiger partial charge in [-0.05, 0) is 19.3 Å². The Morgan fingerprint density at radius 1 is 1.19 bits per heavy atom. The first-order chi connectivity index (χ1) is 15.6. The molecule has 3 aliphatic rings. The van der Waals surface area contributed by atoms with Gasteiger partial charge in [-0.1, -0.05) is 30.6 Å². The number of carbonyl (C=O) groups is 2. The van der Waals surface area contributed by atoms with Crippen molar-refractivity contribution in [2.45, 2.75) is 61.7 Å². The van der Waals surface area contributed by atoms with Crippen molar-refractivity contribution in [3.63, 3.8) is 0 Å². The summed E-state index contributed by atoms with van der Waals surface area (Å²) in [6.07, 6.45) is 8.38. The van der Waals surface area contributed by atoms with Crippen molar-refractivity contribution in [1.82, 2.24) is 19.7 Å². The number of nitrogens with one attached hydrogen (secondary N) is 1. The van der Waals surface area contributed by atoms with E-state index in [2.05, 4.69) is 15.2 Å². The predicted molar refractivity (Wildman–Crippen MR) is 128 cm³/mol. The lowest BCUT2D eigenvalue weighted by molar-refractivity contribution is -0.127. The van der Waals surface area contributed by atoms with Crippen LogP contribution in [0, 0.1) is 0 Å². The first kappa shape index (κ1) is 23.8. The normalized spacial score (nSPS) is 22.8. The van der Waals surface area contributed by atoms with E-state index in [1.165, 1.54) is 19.3 Å². The van der Waals surface area contributed by atoms with Gasteiger partial charge in [0.2, 0.25) is 5.91 Å². The van der Waals surface area contributed by atoms with E-state index in [1.807, 2.05) is 16.0 Å². The summed E-state index contributed by atoms with van der Waals surface area (Å²) in [4.78, 5) is 36.0. The monoisotopic (exact) mass is 481 g/mol. The van der Waals surface area contributed by atoms with Crippen molar-refractivity contribution in [2.24, 2.45) is 0 Å².